The monoisotopic (exact) mass is 319 g/mol. The molecule has 0 unspecified atom stereocenters. The van der Waals surface area contributed by atoms with Crippen LogP contribution in [-0.2, 0) is 14.8 Å². The lowest BCUT2D eigenvalue weighted by atomic mass is 10.3. The molecule has 9 heteroatoms. The molecule has 0 radical (unpaired) electrons. The van der Waals surface area contributed by atoms with E-state index in [-0.39, 0.29) is 19.6 Å². The molecule has 0 aliphatic carbocycles. The molecule has 1 heterocycles. The van der Waals surface area contributed by atoms with E-state index in [4.69, 9.17) is 5.73 Å². The Morgan fingerprint density at radius 3 is 2.38 bits per heavy atom. The summed E-state index contributed by atoms with van der Waals surface area (Å²) in [4.78, 5) is 11.8. The summed E-state index contributed by atoms with van der Waals surface area (Å²) in [6.07, 6.45) is 0. The molecule has 0 atom stereocenters. The van der Waals surface area contributed by atoms with Gasteiger partial charge in [-0.05, 0) is 18.2 Å². The Bertz CT molecular complexity index is 643. The van der Waals surface area contributed by atoms with Crippen LogP contribution >= 0.6 is 0 Å². The Morgan fingerprint density at radius 1 is 1.19 bits per heavy atom. The van der Waals surface area contributed by atoms with Crippen LogP contribution < -0.4 is 5.73 Å². The zero-order chi connectivity index (χ0) is 15.6. The van der Waals surface area contributed by atoms with E-state index >= 15 is 0 Å². The second-order valence-corrected chi connectivity index (χ2v) is 6.63. The smallest absolute Gasteiger partial charge is 0.246 e. The van der Waals surface area contributed by atoms with E-state index in [2.05, 4.69) is 0 Å². The summed E-state index contributed by atoms with van der Waals surface area (Å²) in [5, 5.41) is 0. The first kappa shape index (κ1) is 15.8. The second kappa shape index (κ2) is 6.04. The fourth-order valence-electron chi connectivity index (χ4n) is 2.16. The third-order valence-corrected chi connectivity index (χ3v) is 5.14. The lowest BCUT2D eigenvalue weighted by Gasteiger charge is -2.33. The van der Waals surface area contributed by atoms with Crippen molar-refractivity contribution < 1.29 is 22.0 Å². The van der Waals surface area contributed by atoms with Crippen molar-refractivity contribution in [1.82, 2.24) is 9.21 Å². The Labute approximate surface area is 121 Å². The van der Waals surface area contributed by atoms with Gasteiger partial charge in [0.05, 0.1) is 6.54 Å². The molecule has 1 aliphatic rings. The summed E-state index contributed by atoms with van der Waals surface area (Å²) in [6.45, 7) is 0.831. The second-order valence-electron chi connectivity index (χ2n) is 4.72. The van der Waals surface area contributed by atoms with Crippen molar-refractivity contribution >= 4 is 15.9 Å². The van der Waals surface area contributed by atoms with Gasteiger partial charge in [-0.2, -0.15) is 4.31 Å². The fourth-order valence-corrected chi connectivity index (χ4v) is 3.66. The van der Waals surface area contributed by atoms with Crippen LogP contribution in [0, 0.1) is 11.6 Å². The minimum absolute atomic E-state index is 0.0439. The maximum Gasteiger partial charge on any atom is 0.246 e. The summed E-state index contributed by atoms with van der Waals surface area (Å²) in [7, 11) is -4.09. The van der Waals surface area contributed by atoms with Crippen LogP contribution in [0.3, 0.4) is 0 Å². The van der Waals surface area contributed by atoms with Crippen molar-refractivity contribution in [3.05, 3.63) is 29.8 Å². The van der Waals surface area contributed by atoms with E-state index in [1.165, 1.54) is 0 Å². The van der Waals surface area contributed by atoms with Crippen molar-refractivity contribution in [1.29, 1.82) is 0 Å². The molecule has 1 aromatic carbocycles. The van der Waals surface area contributed by atoms with Gasteiger partial charge < -0.3 is 5.73 Å². The SMILES string of the molecule is NC(=O)CN1CCN(S(=O)(=O)c2cc(F)ccc2F)CC1. The number of halogens is 2. The van der Waals surface area contributed by atoms with Crippen LogP contribution in [0.1, 0.15) is 0 Å². The third-order valence-electron chi connectivity index (χ3n) is 3.22. The lowest BCUT2D eigenvalue weighted by molar-refractivity contribution is -0.119. The van der Waals surface area contributed by atoms with Crippen LogP contribution in [0.5, 0.6) is 0 Å². The van der Waals surface area contributed by atoms with Gasteiger partial charge in [-0.15, -0.1) is 0 Å². The zero-order valence-corrected chi connectivity index (χ0v) is 11.9. The standard InChI is InChI=1S/C12H15F2N3O3S/c13-9-1-2-10(14)11(7-9)21(19,20)17-5-3-16(4-6-17)8-12(15)18/h1-2,7H,3-6,8H2,(H2,15,18). The molecule has 6 nitrogen and oxygen atoms in total. The van der Waals surface area contributed by atoms with Gasteiger partial charge in [-0.3, -0.25) is 9.69 Å². The maximum atomic E-state index is 13.6. The first-order valence-corrected chi connectivity index (χ1v) is 7.70. The largest absolute Gasteiger partial charge is 0.369 e. The van der Waals surface area contributed by atoms with E-state index in [0.717, 1.165) is 16.4 Å². The average molecular weight is 319 g/mol. The fraction of sp³-hybridized carbons (Fsp3) is 0.417. The lowest BCUT2D eigenvalue weighted by Crippen LogP contribution is -2.50. The number of rotatable bonds is 4. The first-order valence-electron chi connectivity index (χ1n) is 6.26. The van der Waals surface area contributed by atoms with E-state index < -0.39 is 32.5 Å². The number of piperazine rings is 1. The van der Waals surface area contributed by atoms with Gasteiger partial charge in [0.25, 0.3) is 0 Å². The van der Waals surface area contributed by atoms with Crippen molar-refractivity contribution in [2.24, 2.45) is 5.73 Å². The Hall–Kier alpha value is -1.58. The number of nitrogens with two attached hydrogens (primary N) is 1. The Balaban J connectivity index is 2.15. The van der Waals surface area contributed by atoms with Gasteiger partial charge in [0, 0.05) is 26.2 Å². The molecular formula is C12H15F2N3O3S. The predicted molar refractivity (Wildman–Crippen MR) is 70.8 cm³/mol. The van der Waals surface area contributed by atoms with E-state index in [1.54, 1.807) is 4.90 Å². The molecule has 2 N–H and O–H groups in total. The molecule has 2 rings (SSSR count). The van der Waals surface area contributed by atoms with Crippen LogP contribution in [0.4, 0.5) is 8.78 Å². The summed E-state index contributed by atoms with van der Waals surface area (Å²) in [5.41, 5.74) is 5.07. The van der Waals surface area contributed by atoms with Crippen molar-refractivity contribution in [2.45, 2.75) is 4.90 Å². The zero-order valence-electron chi connectivity index (χ0n) is 11.1. The van der Waals surface area contributed by atoms with Gasteiger partial charge in [0.15, 0.2) is 0 Å². The van der Waals surface area contributed by atoms with Crippen molar-refractivity contribution in [3.63, 3.8) is 0 Å². The quantitative estimate of drug-likeness (QED) is 0.830. The molecule has 1 amide bonds. The van der Waals surface area contributed by atoms with Crippen molar-refractivity contribution in [2.75, 3.05) is 32.7 Å². The topological polar surface area (TPSA) is 83.7 Å². The van der Waals surface area contributed by atoms with Gasteiger partial charge in [0.1, 0.15) is 16.5 Å². The molecule has 21 heavy (non-hydrogen) atoms. The summed E-state index contributed by atoms with van der Waals surface area (Å²) in [6, 6.07) is 2.31. The number of carbonyl (C=O) groups excluding carboxylic acids is 1. The third kappa shape index (κ3) is 3.55. The average Bonchev–Trinajstić information content (AvgIpc) is 2.41. The Kier molecular flexibility index (Phi) is 4.55. The normalized spacial score (nSPS) is 17.8. The number of nitrogens with zero attached hydrogens (tertiary/aromatic N) is 2. The number of benzene rings is 1. The molecular weight excluding hydrogens is 304 g/mol. The minimum Gasteiger partial charge on any atom is -0.369 e. The molecule has 0 bridgehead atoms. The van der Waals surface area contributed by atoms with Gasteiger partial charge in [-0.1, -0.05) is 0 Å². The van der Waals surface area contributed by atoms with E-state index in [0.29, 0.717) is 19.2 Å². The van der Waals surface area contributed by atoms with Crippen LogP contribution in [0.25, 0.3) is 0 Å². The highest BCUT2D eigenvalue weighted by molar-refractivity contribution is 7.89. The Morgan fingerprint density at radius 2 is 1.81 bits per heavy atom. The van der Waals surface area contributed by atoms with E-state index in [9.17, 15) is 22.0 Å². The number of sulfonamides is 1. The maximum absolute atomic E-state index is 13.6. The highest BCUT2D eigenvalue weighted by Crippen LogP contribution is 2.21. The van der Waals surface area contributed by atoms with Gasteiger partial charge >= 0.3 is 0 Å². The van der Waals surface area contributed by atoms with Crippen LogP contribution in [0.2, 0.25) is 0 Å². The van der Waals surface area contributed by atoms with Crippen molar-refractivity contribution in [3.8, 4) is 0 Å². The summed E-state index contributed by atoms with van der Waals surface area (Å²) < 4.78 is 52.4. The molecule has 1 saturated heterocycles. The number of primary amides is 1. The van der Waals surface area contributed by atoms with Gasteiger partial charge in [0.2, 0.25) is 15.9 Å². The van der Waals surface area contributed by atoms with Crippen LogP contribution in [-0.4, -0.2) is 56.3 Å². The molecule has 1 fully saturated rings. The molecule has 116 valence electrons. The first-order chi connectivity index (χ1) is 9.80. The number of hydrogen-bond acceptors (Lipinski definition) is 4. The molecule has 1 aromatic rings. The number of carbonyl (C=O) groups is 1. The highest BCUT2D eigenvalue weighted by atomic mass is 32.2. The highest BCUT2D eigenvalue weighted by Gasteiger charge is 2.31. The predicted octanol–water partition coefficient (Wildman–Crippen LogP) is -0.244. The molecule has 1 aliphatic heterocycles. The summed E-state index contributed by atoms with van der Waals surface area (Å²) >= 11 is 0. The molecule has 0 aromatic heterocycles. The summed E-state index contributed by atoms with van der Waals surface area (Å²) in [5.74, 6) is -2.30. The molecule has 0 spiro atoms. The molecule has 0 saturated carbocycles. The minimum atomic E-state index is -4.09. The number of amides is 1. The van der Waals surface area contributed by atoms with Crippen LogP contribution in [0.15, 0.2) is 23.1 Å². The number of hydrogen-bond donors (Lipinski definition) is 1. The van der Waals surface area contributed by atoms with Gasteiger partial charge in [-0.25, -0.2) is 17.2 Å². The van der Waals surface area contributed by atoms with E-state index in [1.807, 2.05) is 0 Å².